The van der Waals surface area contributed by atoms with Crippen molar-refractivity contribution in [2.24, 2.45) is 5.73 Å². The van der Waals surface area contributed by atoms with E-state index in [0.29, 0.717) is 40.6 Å². The number of benzene rings is 1. The third-order valence-electron chi connectivity index (χ3n) is 5.00. The van der Waals surface area contributed by atoms with Gasteiger partial charge >= 0.3 is 7.12 Å². The maximum Gasteiger partial charge on any atom is 0.488 e. The Kier molecular flexibility index (Phi) is 5.76. The lowest BCUT2D eigenvalue weighted by Gasteiger charge is -2.18. The summed E-state index contributed by atoms with van der Waals surface area (Å²) in [5.41, 5.74) is 8.45. The van der Waals surface area contributed by atoms with Gasteiger partial charge in [-0.3, -0.25) is 9.20 Å². The van der Waals surface area contributed by atoms with Crippen molar-refractivity contribution in [1.29, 1.82) is 0 Å². The van der Waals surface area contributed by atoms with Crippen LogP contribution in [0.3, 0.4) is 0 Å². The van der Waals surface area contributed by atoms with E-state index in [1.54, 1.807) is 53.3 Å². The van der Waals surface area contributed by atoms with E-state index in [4.69, 9.17) is 5.73 Å². The van der Waals surface area contributed by atoms with E-state index in [1.165, 1.54) is 0 Å². The van der Waals surface area contributed by atoms with Crippen LogP contribution in [0.5, 0.6) is 0 Å². The first-order chi connectivity index (χ1) is 15.3. The van der Waals surface area contributed by atoms with Crippen LogP contribution in [0.4, 0.5) is 11.5 Å². The summed E-state index contributed by atoms with van der Waals surface area (Å²) in [5.74, 6) is 0.891. The van der Waals surface area contributed by atoms with Crippen LogP contribution in [0.15, 0.2) is 55.0 Å². The summed E-state index contributed by atoms with van der Waals surface area (Å²) in [6, 6.07) is 10.4. The van der Waals surface area contributed by atoms with Gasteiger partial charge in [-0.05, 0) is 23.2 Å². The molecule has 0 unspecified atom stereocenters. The van der Waals surface area contributed by atoms with Crippen molar-refractivity contribution >= 4 is 35.5 Å². The molecule has 0 saturated heterocycles. The fourth-order valence-electron chi connectivity index (χ4n) is 3.39. The highest BCUT2D eigenvalue weighted by Gasteiger charge is 2.17. The fourth-order valence-corrected chi connectivity index (χ4v) is 3.39. The summed E-state index contributed by atoms with van der Waals surface area (Å²) in [6.45, 7) is 0.409. The van der Waals surface area contributed by atoms with E-state index in [0.717, 1.165) is 11.3 Å². The van der Waals surface area contributed by atoms with Gasteiger partial charge < -0.3 is 26.0 Å². The van der Waals surface area contributed by atoms with E-state index < -0.39 is 13.0 Å². The maximum atomic E-state index is 11.7. The number of imidazole rings is 1. The van der Waals surface area contributed by atoms with Crippen LogP contribution in [-0.2, 0) is 6.54 Å². The van der Waals surface area contributed by atoms with Gasteiger partial charge in [0.1, 0.15) is 0 Å². The van der Waals surface area contributed by atoms with Crippen LogP contribution in [0, 0.1) is 0 Å². The van der Waals surface area contributed by atoms with Gasteiger partial charge in [0, 0.05) is 26.8 Å². The van der Waals surface area contributed by atoms with Crippen molar-refractivity contribution in [1.82, 2.24) is 19.4 Å². The zero-order valence-corrected chi connectivity index (χ0v) is 17.6. The second-order valence-electron chi connectivity index (χ2n) is 7.42. The number of pyridine rings is 1. The lowest BCUT2D eigenvalue weighted by Crippen LogP contribution is -2.30. The average Bonchev–Trinajstić information content (AvgIpc) is 3.21. The number of nitrogens with one attached hydrogen (secondary N) is 1. The second kappa shape index (κ2) is 8.65. The molecule has 0 saturated carbocycles. The van der Waals surface area contributed by atoms with E-state index in [2.05, 4.69) is 20.3 Å². The molecule has 11 heteroatoms. The van der Waals surface area contributed by atoms with E-state index >= 15 is 0 Å². The molecule has 32 heavy (non-hydrogen) atoms. The maximum absolute atomic E-state index is 11.7. The number of fused-ring (bicyclic) bond motifs is 1. The highest BCUT2D eigenvalue weighted by Crippen LogP contribution is 2.26. The first kappa shape index (κ1) is 21.3. The molecule has 1 amide bonds. The Balaban J connectivity index is 1.70. The number of primary amides is 1. The lowest BCUT2D eigenvalue weighted by molar-refractivity contribution is 0.100. The summed E-state index contributed by atoms with van der Waals surface area (Å²) in [4.78, 5) is 27.1. The molecule has 10 nitrogen and oxygen atoms in total. The van der Waals surface area contributed by atoms with Gasteiger partial charge in [-0.15, -0.1) is 0 Å². The molecule has 0 atom stereocenters. The minimum atomic E-state index is -1.53. The first-order valence-corrected chi connectivity index (χ1v) is 9.84. The van der Waals surface area contributed by atoms with Crippen LogP contribution in [-0.4, -0.2) is 56.5 Å². The number of anilines is 2. The molecule has 4 aromatic rings. The number of hydrogen-bond donors (Lipinski definition) is 4. The fraction of sp³-hybridized carbons (Fsp3) is 0.143. The number of carbonyl (C=O) groups is 1. The van der Waals surface area contributed by atoms with Gasteiger partial charge in [0.25, 0.3) is 5.91 Å². The van der Waals surface area contributed by atoms with Gasteiger partial charge in [0.05, 0.1) is 29.2 Å². The summed E-state index contributed by atoms with van der Waals surface area (Å²) < 4.78 is 1.72. The Labute approximate surface area is 184 Å². The zero-order chi connectivity index (χ0) is 22.8. The molecular formula is C21H22BN7O3. The molecule has 0 bridgehead atoms. The third kappa shape index (κ3) is 4.11. The van der Waals surface area contributed by atoms with Gasteiger partial charge in [-0.25, -0.2) is 15.0 Å². The Morgan fingerprint density at radius 1 is 1.19 bits per heavy atom. The predicted molar refractivity (Wildman–Crippen MR) is 123 cm³/mol. The largest absolute Gasteiger partial charge is 0.488 e. The molecule has 0 aliphatic carbocycles. The highest BCUT2D eigenvalue weighted by molar-refractivity contribution is 6.58. The zero-order valence-electron chi connectivity index (χ0n) is 17.6. The van der Waals surface area contributed by atoms with Crippen molar-refractivity contribution in [3.05, 3.63) is 66.1 Å². The number of hydrogen-bond acceptors (Lipinski definition) is 8. The van der Waals surface area contributed by atoms with Gasteiger partial charge in [-0.2, -0.15) is 0 Å². The Hall–Kier alpha value is -3.96. The first-order valence-electron chi connectivity index (χ1n) is 9.84. The average molecular weight is 431 g/mol. The number of nitrogens with zero attached hydrogens (tertiary/aromatic N) is 5. The quantitative estimate of drug-likeness (QED) is 0.305. The number of aromatic nitrogens is 4. The Morgan fingerprint density at radius 2 is 2.00 bits per heavy atom. The van der Waals surface area contributed by atoms with Crippen molar-refractivity contribution < 1.29 is 14.8 Å². The van der Waals surface area contributed by atoms with E-state index in [9.17, 15) is 14.8 Å². The van der Waals surface area contributed by atoms with Crippen molar-refractivity contribution in [3.8, 4) is 11.6 Å². The molecule has 1 aromatic carbocycles. The normalized spacial score (nSPS) is 10.9. The number of carbonyl (C=O) groups excluding carboxylic acids is 1. The molecule has 3 aromatic heterocycles. The smallest absolute Gasteiger partial charge is 0.423 e. The summed E-state index contributed by atoms with van der Waals surface area (Å²) >= 11 is 0. The minimum Gasteiger partial charge on any atom is -0.423 e. The molecule has 3 heterocycles. The molecule has 0 fully saturated rings. The van der Waals surface area contributed by atoms with Gasteiger partial charge in [-0.1, -0.05) is 24.3 Å². The molecule has 162 valence electrons. The molecular weight excluding hydrogens is 409 g/mol. The molecule has 0 radical (unpaired) electrons. The molecule has 4 rings (SSSR count). The molecule has 0 spiro atoms. The summed E-state index contributed by atoms with van der Waals surface area (Å²) in [7, 11) is 2.24. The summed E-state index contributed by atoms with van der Waals surface area (Å²) in [5, 5.41) is 22.1. The molecule has 0 aliphatic rings. The standard InChI is InChI=1S/C21H22BN7O3/c1-28(2)17-12-25-20(21-26-11-16-15(18(23)30)7-4-8-29(16)21)27-19(17)24-10-13-5-3-6-14(9-13)22(31)32/h3-9,11-12,31-32H,10H2,1-2H3,(H2,23,30)(H,24,25,27). The van der Waals surface area contributed by atoms with Gasteiger partial charge in [0.2, 0.25) is 0 Å². The monoisotopic (exact) mass is 431 g/mol. The second-order valence-corrected chi connectivity index (χ2v) is 7.42. The molecule has 0 aliphatic heterocycles. The van der Waals surface area contributed by atoms with E-state index in [-0.39, 0.29) is 0 Å². The SMILES string of the molecule is CN(C)c1cnc(-c2ncc3c(C(N)=O)cccn23)nc1NCc1cccc(B(O)O)c1. The Morgan fingerprint density at radius 3 is 2.72 bits per heavy atom. The van der Waals surface area contributed by atoms with Crippen LogP contribution < -0.4 is 21.4 Å². The van der Waals surface area contributed by atoms with Crippen LogP contribution >= 0.6 is 0 Å². The predicted octanol–water partition coefficient (Wildman–Crippen LogP) is 0.248. The topological polar surface area (TPSA) is 142 Å². The van der Waals surface area contributed by atoms with Crippen molar-refractivity contribution in [3.63, 3.8) is 0 Å². The highest BCUT2D eigenvalue weighted by atomic mass is 16.4. The number of nitrogens with two attached hydrogens (primary N) is 1. The minimum absolute atomic E-state index is 0.362. The van der Waals surface area contributed by atoms with E-state index in [1.807, 2.05) is 25.1 Å². The van der Waals surface area contributed by atoms with Crippen LogP contribution in [0.1, 0.15) is 15.9 Å². The van der Waals surface area contributed by atoms with Crippen molar-refractivity contribution in [2.45, 2.75) is 6.54 Å². The number of amides is 1. The summed E-state index contributed by atoms with van der Waals surface area (Å²) in [6.07, 6.45) is 5.03. The lowest BCUT2D eigenvalue weighted by atomic mass is 9.80. The van der Waals surface area contributed by atoms with Crippen molar-refractivity contribution in [2.75, 3.05) is 24.3 Å². The van der Waals surface area contributed by atoms with Crippen LogP contribution in [0.2, 0.25) is 0 Å². The molecule has 5 N–H and O–H groups in total. The third-order valence-corrected chi connectivity index (χ3v) is 5.00. The Bertz CT molecular complexity index is 1290. The van der Waals surface area contributed by atoms with Gasteiger partial charge in [0.15, 0.2) is 17.5 Å². The number of rotatable bonds is 7. The van der Waals surface area contributed by atoms with Crippen LogP contribution in [0.25, 0.3) is 17.2 Å².